The van der Waals surface area contributed by atoms with Crippen LogP contribution in [0.1, 0.15) is 27.7 Å². The molecule has 0 radical (unpaired) electrons. The summed E-state index contributed by atoms with van der Waals surface area (Å²) in [6, 6.07) is 0. The summed E-state index contributed by atoms with van der Waals surface area (Å²) in [5.41, 5.74) is -0.554. The second-order valence-electron chi connectivity index (χ2n) is 4.97. The zero-order chi connectivity index (χ0) is 14.1. The number of esters is 1. The van der Waals surface area contributed by atoms with Crippen molar-refractivity contribution in [2.75, 3.05) is 13.2 Å². The van der Waals surface area contributed by atoms with Gasteiger partial charge in [-0.2, -0.15) is 0 Å². The van der Waals surface area contributed by atoms with Gasteiger partial charge in [0.15, 0.2) is 5.85 Å². The van der Waals surface area contributed by atoms with Crippen molar-refractivity contribution in [2.24, 2.45) is 17.3 Å². The van der Waals surface area contributed by atoms with Gasteiger partial charge in [-0.25, -0.2) is 0 Å². The van der Waals surface area contributed by atoms with Crippen LogP contribution >= 0.6 is 7.60 Å². The van der Waals surface area contributed by atoms with Gasteiger partial charge in [-0.05, 0) is 19.3 Å². The number of aliphatic hydroxyl groups excluding tert-OH is 1. The first kappa shape index (κ1) is 15.6. The molecule has 7 heteroatoms. The quantitative estimate of drug-likeness (QED) is 0.563. The van der Waals surface area contributed by atoms with E-state index in [4.69, 9.17) is 4.74 Å². The molecule has 1 rings (SSSR count). The molecule has 0 bridgehead atoms. The van der Waals surface area contributed by atoms with Gasteiger partial charge in [0.1, 0.15) is 0 Å². The van der Waals surface area contributed by atoms with Crippen LogP contribution in [0.3, 0.4) is 0 Å². The van der Waals surface area contributed by atoms with Crippen molar-refractivity contribution in [2.45, 2.75) is 33.5 Å². The van der Waals surface area contributed by atoms with Gasteiger partial charge in [0.2, 0.25) is 0 Å². The van der Waals surface area contributed by atoms with E-state index in [9.17, 15) is 19.4 Å². The second kappa shape index (κ2) is 5.29. The molecule has 0 aromatic carbocycles. The van der Waals surface area contributed by atoms with E-state index in [1.807, 2.05) is 0 Å². The molecule has 0 spiro atoms. The first-order chi connectivity index (χ1) is 8.20. The molecule has 1 saturated carbocycles. The van der Waals surface area contributed by atoms with Crippen LogP contribution in [0, 0.1) is 17.3 Å². The Morgan fingerprint density at radius 1 is 1.39 bits per heavy atom. The number of ether oxygens (including phenoxy) is 1. The minimum atomic E-state index is -4.11. The van der Waals surface area contributed by atoms with E-state index < -0.39 is 36.7 Å². The minimum absolute atomic E-state index is 0.0298. The summed E-state index contributed by atoms with van der Waals surface area (Å²) < 4.78 is 21.3. The molecular weight excluding hydrogens is 259 g/mol. The van der Waals surface area contributed by atoms with Gasteiger partial charge < -0.3 is 19.3 Å². The lowest BCUT2D eigenvalue weighted by Gasteiger charge is -2.18. The zero-order valence-corrected chi connectivity index (χ0v) is 12.0. The second-order valence-corrected chi connectivity index (χ2v) is 6.89. The molecule has 2 N–H and O–H groups in total. The monoisotopic (exact) mass is 280 g/mol. The Bertz CT molecular complexity index is 367. The van der Waals surface area contributed by atoms with E-state index in [0.29, 0.717) is 0 Å². The molecule has 0 heterocycles. The molecule has 18 heavy (non-hydrogen) atoms. The molecule has 0 saturated heterocycles. The maximum absolute atomic E-state index is 11.7. The number of aliphatic hydroxyl groups is 1. The van der Waals surface area contributed by atoms with E-state index in [-0.39, 0.29) is 13.2 Å². The summed E-state index contributed by atoms with van der Waals surface area (Å²) >= 11 is 0. The highest BCUT2D eigenvalue weighted by Crippen LogP contribution is 2.67. The molecule has 0 aromatic rings. The molecule has 0 aliphatic heterocycles. The van der Waals surface area contributed by atoms with Crippen LogP contribution in [0.4, 0.5) is 0 Å². The van der Waals surface area contributed by atoms with Crippen molar-refractivity contribution in [3.8, 4) is 0 Å². The normalized spacial score (nSPS) is 30.3. The summed E-state index contributed by atoms with van der Waals surface area (Å²) in [5, 5.41) is 9.93. The molecular formula is C11H21O6P. The standard InChI is InChI=1S/C11H21O6P/c1-5-16-9(12)7-8(11(7,3)4)10(13)18(14,15)17-6-2/h7-8,10,13H,5-6H2,1-4H3,(H,14,15). The molecule has 4 unspecified atom stereocenters. The van der Waals surface area contributed by atoms with Gasteiger partial charge in [-0.3, -0.25) is 9.36 Å². The third kappa shape index (κ3) is 2.77. The van der Waals surface area contributed by atoms with E-state index in [0.717, 1.165) is 0 Å². The largest absolute Gasteiger partial charge is 0.466 e. The summed E-state index contributed by atoms with van der Waals surface area (Å²) in [6.45, 7) is 7.05. The average Bonchev–Trinajstić information content (AvgIpc) is 2.80. The first-order valence-corrected chi connectivity index (χ1v) is 7.66. The molecule has 6 nitrogen and oxygen atoms in total. The third-order valence-electron chi connectivity index (χ3n) is 3.42. The Morgan fingerprint density at radius 3 is 2.39 bits per heavy atom. The van der Waals surface area contributed by atoms with E-state index in [2.05, 4.69) is 4.52 Å². The highest BCUT2D eigenvalue weighted by atomic mass is 31.2. The minimum Gasteiger partial charge on any atom is -0.466 e. The zero-order valence-electron chi connectivity index (χ0n) is 11.1. The van der Waals surface area contributed by atoms with Crippen LogP contribution in [-0.4, -0.2) is 35.0 Å². The fourth-order valence-corrected chi connectivity index (χ4v) is 3.87. The molecule has 106 valence electrons. The highest BCUT2D eigenvalue weighted by molar-refractivity contribution is 7.53. The molecule has 0 amide bonds. The molecule has 1 fully saturated rings. The lowest BCUT2D eigenvalue weighted by atomic mass is 10.1. The first-order valence-electron chi connectivity index (χ1n) is 6.01. The Balaban J connectivity index is 2.79. The van der Waals surface area contributed by atoms with Gasteiger partial charge in [0.25, 0.3) is 0 Å². The summed E-state index contributed by atoms with van der Waals surface area (Å²) in [7, 11) is -4.11. The van der Waals surface area contributed by atoms with E-state index >= 15 is 0 Å². The van der Waals surface area contributed by atoms with Crippen molar-refractivity contribution >= 4 is 13.6 Å². The maximum Gasteiger partial charge on any atom is 0.356 e. The summed E-state index contributed by atoms with van der Waals surface area (Å²) in [4.78, 5) is 21.3. The van der Waals surface area contributed by atoms with Gasteiger partial charge in [0.05, 0.1) is 19.1 Å². The Labute approximate surface area is 107 Å². The number of hydrogen-bond donors (Lipinski definition) is 2. The van der Waals surface area contributed by atoms with Crippen molar-refractivity contribution in [1.82, 2.24) is 0 Å². The maximum atomic E-state index is 11.7. The fraction of sp³-hybridized carbons (Fsp3) is 0.909. The summed E-state index contributed by atoms with van der Waals surface area (Å²) in [6.07, 6.45) is 0. The van der Waals surface area contributed by atoms with Crippen LogP contribution < -0.4 is 0 Å². The van der Waals surface area contributed by atoms with Gasteiger partial charge in [-0.15, -0.1) is 0 Å². The molecule has 0 aromatic heterocycles. The van der Waals surface area contributed by atoms with Crippen LogP contribution in [0.5, 0.6) is 0 Å². The third-order valence-corrected chi connectivity index (χ3v) is 5.04. The van der Waals surface area contributed by atoms with Crippen molar-refractivity contribution < 1.29 is 28.6 Å². The molecule has 1 aliphatic carbocycles. The number of hydrogen-bond acceptors (Lipinski definition) is 5. The van der Waals surface area contributed by atoms with Gasteiger partial charge in [0, 0.05) is 5.92 Å². The molecule has 1 aliphatic rings. The number of rotatable bonds is 6. The smallest absolute Gasteiger partial charge is 0.356 e. The van der Waals surface area contributed by atoms with Crippen LogP contribution in [0.25, 0.3) is 0 Å². The number of carbonyl (C=O) groups excluding carboxylic acids is 1. The average molecular weight is 280 g/mol. The predicted molar refractivity (Wildman–Crippen MR) is 64.9 cm³/mol. The Morgan fingerprint density at radius 2 is 1.94 bits per heavy atom. The van der Waals surface area contributed by atoms with Crippen molar-refractivity contribution in [3.05, 3.63) is 0 Å². The van der Waals surface area contributed by atoms with Gasteiger partial charge in [-0.1, -0.05) is 13.8 Å². The van der Waals surface area contributed by atoms with Crippen LogP contribution in [0.15, 0.2) is 0 Å². The Kier molecular flexibility index (Phi) is 4.60. The summed E-state index contributed by atoms with van der Waals surface area (Å²) in [5.74, 6) is -3.17. The molecule has 4 atom stereocenters. The topological polar surface area (TPSA) is 93.1 Å². The van der Waals surface area contributed by atoms with Crippen LogP contribution in [0.2, 0.25) is 0 Å². The van der Waals surface area contributed by atoms with E-state index in [1.54, 1.807) is 27.7 Å². The fourth-order valence-electron chi connectivity index (χ4n) is 2.38. The SMILES string of the molecule is CCOC(=O)C1C(C(O)P(=O)(O)OCC)C1(C)C. The highest BCUT2D eigenvalue weighted by Gasteiger charge is 2.68. The van der Waals surface area contributed by atoms with E-state index in [1.165, 1.54) is 0 Å². The van der Waals surface area contributed by atoms with Gasteiger partial charge >= 0.3 is 13.6 Å². The Hall–Kier alpha value is -0.420. The predicted octanol–water partition coefficient (Wildman–Crippen LogP) is 1.36. The lowest BCUT2D eigenvalue weighted by Crippen LogP contribution is -2.17. The van der Waals surface area contributed by atoms with Crippen LogP contribution in [-0.2, 0) is 18.6 Å². The van der Waals surface area contributed by atoms with Crippen molar-refractivity contribution in [3.63, 3.8) is 0 Å². The number of carbonyl (C=O) groups is 1. The lowest BCUT2D eigenvalue weighted by molar-refractivity contribution is -0.145. The van der Waals surface area contributed by atoms with Crippen molar-refractivity contribution in [1.29, 1.82) is 0 Å².